The Hall–Kier alpha value is -3.01. The van der Waals surface area contributed by atoms with Gasteiger partial charge in [0.25, 0.3) is 0 Å². The Bertz CT molecular complexity index is 1170. The zero-order valence-electron chi connectivity index (χ0n) is 17.2. The maximum Gasteiger partial charge on any atom is 0.232 e. The minimum Gasteiger partial charge on any atom is -0.438 e. The summed E-state index contributed by atoms with van der Waals surface area (Å²) in [5, 5.41) is 0. The Morgan fingerprint density at radius 1 is 1.20 bits per heavy atom. The van der Waals surface area contributed by atoms with E-state index < -0.39 is 21.3 Å². The van der Waals surface area contributed by atoms with Crippen molar-refractivity contribution < 1.29 is 17.2 Å². The molecule has 0 spiro atoms. The number of nitrogen functional groups attached to an aromatic ring is 1. The number of halogens is 1. The number of aromatic nitrogens is 3. The van der Waals surface area contributed by atoms with Crippen molar-refractivity contribution in [2.24, 2.45) is 0 Å². The zero-order valence-corrected chi connectivity index (χ0v) is 18.0. The van der Waals surface area contributed by atoms with Crippen LogP contribution in [0.5, 0.6) is 0 Å². The van der Waals surface area contributed by atoms with Crippen molar-refractivity contribution in [3.05, 3.63) is 42.2 Å². The molecule has 30 heavy (non-hydrogen) atoms. The average molecular weight is 434 g/mol. The van der Waals surface area contributed by atoms with Gasteiger partial charge in [0.2, 0.25) is 21.9 Å². The minimum absolute atomic E-state index is 0.0358. The zero-order chi connectivity index (χ0) is 22.1. The summed E-state index contributed by atoms with van der Waals surface area (Å²) in [5.41, 5.74) is 5.71. The van der Waals surface area contributed by atoms with Gasteiger partial charge in [-0.25, -0.2) is 27.8 Å². The van der Waals surface area contributed by atoms with Crippen LogP contribution in [0, 0.1) is 5.82 Å². The molecule has 8 nitrogen and oxygen atoms in total. The first-order valence-electron chi connectivity index (χ1n) is 9.41. The first kappa shape index (κ1) is 21.7. The van der Waals surface area contributed by atoms with Crippen LogP contribution in [0.4, 0.5) is 16.0 Å². The Morgan fingerprint density at radius 3 is 2.57 bits per heavy atom. The summed E-state index contributed by atoms with van der Waals surface area (Å²) < 4.78 is 47.8. The van der Waals surface area contributed by atoms with E-state index in [9.17, 15) is 8.42 Å². The van der Waals surface area contributed by atoms with Gasteiger partial charge in [-0.05, 0) is 24.6 Å². The molecule has 2 heterocycles. The summed E-state index contributed by atoms with van der Waals surface area (Å²) in [6, 6.07) is 5.99. The van der Waals surface area contributed by atoms with E-state index >= 15 is 4.39 Å². The Kier molecular flexibility index (Phi) is 5.80. The molecule has 0 radical (unpaired) electrons. The fraction of sp³-hybridized carbons (Fsp3) is 0.350. The number of nitrogens with two attached hydrogens (primary N) is 1. The van der Waals surface area contributed by atoms with Gasteiger partial charge in [-0.1, -0.05) is 33.8 Å². The van der Waals surface area contributed by atoms with Crippen molar-refractivity contribution in [3.63, 3.8) is 0 Å². The molecule has 0 aliphatic carbocycles. The van der Waals surface area contributed by atoms with Crippen molar-refractivity contribution in [1.82, 2.24) is 15.0 Å². The molecule has 0 aliphatic heterocycles. The lowest BCUT2D eigenvalue weighted by Crippen LogP contribution is -2.17. The molecule has 0 bridgehead atoms. The highest BCUT2D eigenvalue weighted by molar-refractivity contribution is 7.92. The van der Waals surface area contributed by atoms with Gasteiger partial charge in [0, 0.05) is 17.2 Å². The summed E-state index contributed by atoms with van der Waals surface area (Å²) in [6.45, 7) is 7.46. The molecule has 0 saturated heterocycles. The summed E-state index contributed by atoms with van der Waals surface area (Å²) in [5.74, 6) is -0.231. The molecule has 3 aromatic rings. The normalized spacial score (nSPS) is 12.2. The van der Waals surface area contributed by atoms with E-state index in [1.165, 1.54) is 18.3 Å². The first-order valence-corrected chi connectivity index (χ1v) is 11.1. The van der Waals surface area contributed by atoms with Gasteiger partial charge in [0.05, 0.1) is 11.4 Å². The Morgan fingerprint density at radius 2 is 1.93 bits per heavy atom. The molecule has 0 unspecified atom stereocenters. The van der Waals surface area contributed by atoms with Gasteiger partial charge < -0.3 is 10.2 Å². The van der Waals surface area contributed by atoms with E-state index in [0.29, 0.717) is 18.0 Å². The van der Waals surface area contributed by atoms with Crippen molar-refractivity contribution in [2.45, 2.75) is 39.5 Å². The lowest BCUT2D eigenvalue weighted by molar-refractivity contribution is 0.398. The summed E-state index contributed by atoms with van der Waals surface area (Å²) in [7, 11) is -3.66. The molecular weight excluding hydrogens is 409 g/mol. The van der Waals surface area contributed by atoms with E-state index in [0.717, 1.165) is 0 Å². The van der Waals surface area contributed by atoms with Crippen molar-refractivity contribution in [2.75, 3.05) is 16.2 Å². The smallest absolute Gasteiger partial charge is 0.232 e. The molecule has 1 aromatic carbocycles. The van der Waals surface area contributed by atoms with Gasteiger partial charge >= 0.3 is 0 Å². The van der Waals surface area contributed by atoms with E-state index in [4.69, 9.17) is 10.2 Å². The van der Waals surface area contributed by atoms with Gasteiger partial charge in [0.1, 0.15) is 11.4 Å². The molecular formula is C20H24FN5O3S. The van der Waals surface area contributed by atoms with E-state index in [2.05, 4.69) is 19.7 Å². The first-order chi connectivity index (χ1) is 14.0. The Balaban J connectivity index is 2.18. The maximum absolute atomic E-state index is 15.3. The standard InChI is InChI=1S/C20H24FN5O3S/c1-5-11-30(27,28)26-13-8-6-7-12(15(13)21)16-17(14-9-10-23-19(22)24-14)29-18(25-16)20(2,3)4/h6-10,26H,5,11H2,1-4H3,(H2,22,23,24). The largest absolute Gasteiger partial charge is 0.438 e. The van der Waals surface area contributed by atoms with Gasteiger partial charge in [-0.3, -0.25) is 4.72 Å². The second-order valence-corrected chi connectivity index (χ2v) is 9.68. The lowest BCUT2D eigenvalue weighted by Gasteiger charge is -2.12. The monoisotopic (exact) mass is 433 g/mol. The molecule has 0 aliphatic rings. The van der Waals surface area contributed by atoms with Crippen molar-refractivity contribution >= 4 is 21.7 Å². The maximum atomic E-state index is 15.3. The highest BCUT2D eigenvalue weighted by atomic mass is 32.2. The van der Waals surface area contributed by atoms with Gasteiger partial charge in [-0.2, -0.15) is 0 Å². The second-order valence-electron chi connectivity index (χ2n) is 7.83. The summed E-state index contributed by atoms with van der Waals surface area (Å²) >= 11 is 0. The van der Waals surface area contributed by atoms with Gasteiger partial charge in [0.15, 0.2) is 11.6 Å². The number of nitrogens with zero attached hydrogens (tertiary/aromatic N) is 3. The van der Waals surface area contributed by atoms with E-state index in [-0.39, 0.29) is 34.4 Å². The molecule has 3 rings (SSSR count). The van der Waals surface area contributed by atoms with E-state index in [1.807, 2.05) is 20.8 Å². The quantitative estimate of drug-likeness (QED) is 0.603. The molecule has 160 valence electrons. The number of benzene rings is 1. The SMILES string of the molecule is CCCS(=O)(=O)Nc1cccc(-c2nc(C(C)(C)C)oc2-c2ccnc(N)n2)c1F. The highest BCUT2D eigenvalue weighted by Crippen LogP contribution is 2.38. The number of anilines is 2. The van der Waals surface area contributed by atoms with Crippen LogP contribution in [0.1, 0.15) is 40.0 Å². The van der Waals surface area contributed by atoms with Crippen LogP contribution in [0.3, 0.4) is 0 Å². The number of sulfonamides is 1. The Labute approximate surface area is 174 Å². The molecule has 3 N–H and O–H groups in total. The second kappa shape index (κ2) is 8.02. The highest BCUT2D eigenvalue weighted by Gasteiger charge is 2.28. The number of rotatable bonds is 6. The molecule has 10 heteroatoms. The van der Waals surface area contributed by atoms with Crippen LogP contribution in [0.25, 0.3) is 22.7 Å². The fourth-order valence-electron chi connectivity index (χ4n) is 2.78. The van der Waals surface area contributed by atoms with Crippen molar-refractivity contribution in [3.8, 4) is 22.7 Å². The fourth-order valence-corrected chi connectivity index (χ4v) is 3.91. The van der Waals surface area contributed by atoms with Crippen LogP contribution in [-0.4, -0.2) is 29.1 Å². The van der Waals surface area contributed by atoms with Crippen molar-refractivity contribution in [1.29, 1.82) is 0 Å². The molecule has 0 atom stereocenters. The molecule has 2 aromatic heterocycles. The molecule has 0 amide bonds. The summed E-state index contributed by atoms with van der Waals surface area (Å²) in [4.78, 5) is 12.5. The van der Waals surface area contributed by atoms with Crippen LogP contribution >= 0.6 is 0 Å². The predicted octanol–water partition coefficient (Wildman–Crippen LogP) is 3.97. The number of hydrogen-bond acceptors (Lipinski definition) is 7. The third kappa shape index (κ3) is 4.59. The van der Waals surface area contributed by atoms with E-state index in [1.54, 1.807) is 19.1 Å². The number of oxazole rings is 1. The molecule has 0 saturated carbocycles. The van der Waals surface area contributed by atoms with Crippen LogP contribution in [0.2, 0.25) is 0 Å². The number of hydrogen-bond donors (Lipinski definition) is 2. The lowest BCUT2D eigenvalue weighted by atomic mass is 9.97. The van der Waals surface area contributed by atoms with Crippen LogP contribution < -0.4 is 10.5 Å². The minimum atomic E-state index is -3.66. The average Bonchev–Trinajstić information content (AvgIpc) is 3.09. The van der Waals surface area contributed by atoms with Crippen LogP contribution in [0.15, 0.2) is 34.9 Å². The third-order valence-corrected chi connectivity index (χ3v) is 5.64. The van der Waals surface area contributed by atoms with Crippen LogP contribution in [-0.2, 0) is 15.4 Å². The summed E-state index contributed by atoms with van der Waals surface area (Å²) in [6.07, 6.45) is 1.88. The third-order valence-electron chi connectivity index (χ3n) is 4.17. The topological polar surface area (TPSA) is 124 Å². The van der Waals surface area contributed by atoms with Gasteiger partial charge in [-0.15, -0.1) is 0 Å². The predicted molar refractivity (Wildman–Crippen MR) is 114 cm³/mol. The molecule has 0 fully saturated rings. The number of nitrogens with one attached hydrogen (secondary N) is 1.